The molecule has 30 heavy (non-hydrogen) atoms. The van der Waals surface area contributed by atoms with Gasteiger partial charge in [0.2, 0.25) is 5.91 Å². The van der Waals surface area contributed by atoms with Crippen LogP contribution in [0.2, 0.25) is 0 Å². The van der Waals surface area contributed by atoms with E-state index in [0.29, 0.717) is 28.4 Å². The van der Waals surface area contributed by atoms with E-state index in [1.54, 1.807) is 27.2 Å². The molecule has 0 spiro atoms. The summed E-state index contributed by atoms with van der Waals surface area (Å²) in [5, 5.41) is 5.61. The second-order valence-corrected chi connectivity index (χ2v) is 9.15. The van der Waals surface area contributed by atoms with Crippen LogP contribution in [0.3, 0.4) is 0 Å². The van der Waals surface area contributed by atoms with Gasteiger partial charge >= 0.3 is 0 Å². The van der Waals surface area contributed by atoms with Crippen molar-refractivity contribution in [2.75, 3.05) is 18.8 Å². The van der Waals surface area contributed by atoms with E-state index < -0.39 is 0 Å². The topological polar surface area (TPSA) is 73.0 Å². The lowest BCUT2D eigenvalue weighted by Crippen LogP contribution is -2.35. The Balaban J connectivity index is 1.47. The third-order valence-corrected chi connectivity index (χ3v) is 7.08. The average Bonchev–Trinajstić information content (AvgIpc) is 3.23. The highest BCUT2D eigenvalue weighted by molar-refractivity contribution is 7.99. The second-order valence-electron chi connectivity index (χ2n) is 8.17. The van der Waals surface area contributed by atoms with Gasteiger partial charge in [0.25, 0.3) is 5.56 Å². The Morgan fingerprint density at radius 2 is 2.00 bits per heavy atom. The lowest BCUT2D eigenvalue weighted by molar-refractivity contribution is -0.131. The maximum absolute atomic E-state index is 13.3. The molecular weight excluding hydrogens is 398 g/mol. The molecule has 2 aliphatic heterocycles. The SMILES string of the molecule is Cc1cccc(-n2ncc3c(=O)n4c(nc32)SCC4CC(=O)N2CCCCCC2)c1. The molecule has 0 bridgehead atoms. The van der Waals surface area contributed by atoms with E-state index in [9.17, 15) is 9.59 Å². The monoisotopic (exact) mass is 423 g/mol. The number of hydrogen-bond acceptors (Lipinski definition) is 5. The van der Waals surface area contributed by atoms with Gasteiger partial charge in [-0.15, -0.1) is 0 Å². The number of aryl methyl sites for hydroxylation is 1. The Bertz CT molecular complexity index is 1160. The molecule has 156 valence electrons. The van der Waals surface area contributed by atoms with Gasteiger partial charge < -0.3 is 4.90 Å². The summed E-state index contributed by atoms with van der Waals surface area (Å²) in [4.78, 5) is 32.9. The minimum absolute atomic E-state index is 0.104. The number of carbonyl (C=O) groups is 1. The van der Waals surface area contributed by atoms with Gasteiger partial charge in [0.15, 0.2) is 10.8 Å². The van der Waals surface area contributed by atoms with E-state index >= 15 is 0 Å². The van der Waals surface area contributed by atoms with Crippen LogP contribution in [0.4, 0.5) is 0 Å². The third kappa shape index (κ3) is 3.43. The number of hydrogen-bond donors (Lipinski definition) is 0. The van der Waals surface area contributed by atoms with E-state index in [0.717, 1.165) is 37.2 Å². The first-order valence-corrected chi connectivity index (χ1v) is 11.6. The predicted octanol–water partition coefficient (Wildman–Crippen LogP) is 3.33. The molecule has 0 saturated carbocycles. The van der Waals surface area contributed by atoms with Crippen LogP contribution in [0.15, 0.2) is 40.4 Å². The van der Waals surface area contributed by atoms with Crippen molar-refractivity contribution < 1.29 is 4.79 Å². The highest BCUT2D eigenvalue weighted by Gasteiger charge is 2.31. The fourth-order valence-corrected chi connectivity index (χ4v) is 5.51. The van der Waals surface area contributed by atoms with Gasteiger partial charge in [0.05, 0.1) is 17.9 Å². The predicted molar refractivity (Wildman–Crippen MR) is 117 cm³/mol. The van der Waals surface area contributed by atoms with Crippen molar-refractivity contribution in [1.82, 2.24) is 24.2 Å². The third-order valence-electron chi connectivity index (χ3n) is 5.99. The molecule has 2 aromatic heterocycles. The maximum atomic E-state index is 13.3. The number of carbonyl (C=O) groups excluding carboxylic acids is 1. The Morgan fingerprint density at radius 1 is 1.20 bits per heavy atom. The van der Waals surface area contributed by atoms with Gasteiger partial charge in [-0.25, -0.2) is 9.67 Å². The summed E-state index contributed by atoms with van der Waals surface area (Å²) in [6, 6.07) is 7.83. The van der Waals surface area contributed by atoms with Crippen molar-refractivity contribution in [3.8, 4) is 5.69 Å². The molecule has 0 radical (unpaired) electrons. The largest absolute Gasteiger partial charge is 0.343 e. The van der Waals surface area contributed by atoms with Crippen molar-refractivity contribution in [2.24, 2.45) is 0 Å². The van der Waals surface area contributed by atoms with Crippen molar-refractivity contribution in [3.05, 3.63) is 46.4 Å². The fourth-order valence-electron chi connectivity index (χ4n) is 4.38. The Morgan fingerprint density at radius 3 is 2.77 bits per heavy atom. The van der Waals surface area contributed by atoms with Crippen LogP contribution in [0, 0.1) is 6.92 Å². The molecule has 3 aromatic rings. The standard InChI is InChI=1S/C22H25N5O2S/c1-15-7-6-8-16(11-15)27-20-18(13-23-27)21(29)26-17(14-30-22(26)24-20)12-19(28)25-9-4-2-3-5-10-25/h6-8,11,13,17H,2-5,9-10,12,14H2,1H3. The van der Waals surface area contributed by atoms with Gasteiger partial charge in [-0.3, -0.25) is 14.2 Å². The lowest BCUT2D eigenvalue weighted by atomic mass is 10.2. The molecule has 1 atom stereocenters. The molecule has 2 aliphatic rings. The molecule has 4 heterocycles. The van der Waals surface area contributed by atoms with Crippen molar-refractivity contribution in [1.29, 1.82) is 0 Å². The number of fused-ring (bicyclic) bond motifs is 2. The second kappa shape index (κ2) is 7.91. The summed E-state index contributed by atoms with van der Waals surface area (Å²) < 4.78 is 3.44. The van der Waals surface area contributed by atoms with Gasteiger partial charge in [0, 0.05) is 25.3 Å². The first-order valence-electron chi connectivity index (χ1n) is 10.6. The molecule has 7 nitrogen and oxygen atoms in total. The molecule has 1 unspecified atom stereocenters. The summed E-state index contributed by atoms with van der Waals surface area (Å²) in [6.45, 7) is 3.69. The highest BCUT2D eigenvalue weighted by Crippen LogP contribution is 2.34. The minimum atomic E-state index is -0.146. The zero-order valence-electron chi connectivity index (χ0n) is 17.1. The van der Waals surface area contributed by atoms with E-state index in [1.165, 1.54) is 12.8 Å². The first kappa shape index (κ1) is 19.4. The van der Waals surface area contributed by atoms with Crippen LogP contribution < -0.4 is 5.56 Å². The molecule has 5 rings (SSSR count). The Labute approximate surface area is 179 Å². The van der Waals surface area contributed by atoms with Gasteiger partial charge in [0.1, 0.15) is 5.39 Å². The fraction of sp³-hybridized carbons (Fsp3) is 0.455. The smallest absolute Gasteiger partial charge is 0.265 e. The van der Waals surface area contributed by atoms with Crippen LogP contribution in [0.25, 0.3) is 16.7 Å². The average molecular weight is 424 g/mol. The summed E-state index contributed by atoms with van der Waals surface area (Å²) in [5.41, 5.74) is 2.48. The van der Waals surface area contributed by atoms with Crippen LogP contribution in [0.1, 0.15) is 43.7 Å². The zero-order valence-corrected chi connectivity index (χ0v) is 17.9. The highest BCUT2D eigenvalue weighted by atomic mass is 32.2. The molecule has 1 amide bonds. The molecule has 0 N–H and O–H groups in total. The molecule has 8 heteroatoms. The number of amides is 1. The molecule has 1 saturated heterocycles. The minimum Gasteiger partial charge on any atom is -0.343 e. The van der Waals surface area contributed by atoms with Crippen LogP contribution >= 0.6 is 11.8 Å². The van der Waals surface area contributed by atoms with Crippen LogP contribution in [-0.4, -0.2) is 49.0 Å². The number of benzene rings is 1. The number of rotatable bonds is 3. The van der Waals surface area contributed by atoms with Gasteiger partial charge in [-0.05, 0) is 37.5 Å². The summed E-state index contributed by atoms with van der Waals surface area (Å²) in [6.07, 6.45) is 6.48. The first-order chi connectivity index (χ1) is 14.6. The Hall–Kier alpha value is -2.61. The van der Waals surface area contributed by atoms with Crippen LogP contribution in [0.5, 0.6) is 0 Å². The van der Waals surface area contributed by atoms with E-state index in [2.05, 4.69) is 5.10 Å². The van der Waals surface area contributed by atoms with E-state index in [-0.39, 0.29) is 17.5 Å². The number of thioether (sulfide) groups is 1. The van der Waals surface area contributed by atoms with Crippen molar-refractivity contribution in [2.45, 2.75) is 50.2 Å². The van der Waals surface area contributed by atoms with E-state index in [1.807, 2.05) is 36.1 Å². The molecular formula is C22H25N5O2S. The van der Waals surface area contributed by atoms with E-state index in [4.69, 9.17) is 4.98 Å². The number of likely N-dealkylation sites (tertiary alicyclic amines) is 1. The van der Waals surface area contributed by atoms with Crippen molar-refractivity contribution in [3.63, 3.8) is 0 Å². The maximum Gasteiger partial charge on any atom is 0.265 e. The van der Waals surface area contributed by atoms with Crippen molar-refractivity contribution >= 4 is 28.7 Å². The molecule has 1 fully saturated rings. The van der Waals surface area contributed by atoms with Gasteiger partial charge in [-0.2, -0.15) is 5.10 Å². The summed E-state index contributed by atoms with van der Waals surface area (Å²) in [5.74, 6) is 0.851. The lowest BCUT2D eigenvalue weighted by Gasteiger charge is -2.22. The van der Waals surface area contributed by atoms with Gasteiger partial charge in [-0.1, -0.05) is 36.7 Å². The quantitative estimate of drug-likeness (QED) is 0.604. The normalized spacial score (nSPS) is 19.1. The van der Waals surface area contributed by atoms with Crippen LogP contribution in [-0.2, 0) is 4.79 Å². The molecule has 1 aromatic carbocycles. The summed E-state index contributed by atoms with van der Waals surface area (Å²) >= 11 is 1.55. The number of aromatic nitrogens is 4. The number of nitrogens with zero attached hydrogens (tertiary/aromatic N) is 5. The zero-order chi connectivity index (χ0) is 20.7. The summed E-state index contributed by atoms with van der Waals surface area (Å²) in [7, 11) is 0. The Kier molecular flexibility index (Phi) is 5.10. The molecule has 0 aliphatic carbocycles.